The topological polar surface area (TPSA) is 59.3 Å². The Kier molecular flexibility index (Phi) is 3.69. The quantitative estimate of drug-likeness (QED) is 0.697. The van der Waals surface area contributed by atoms with Crippen molar-refractivity contribution in [2.24, 2.45) is 0 Å². The molecule has 0 aliphatic rings. The van der Waals surface area contributed by atoms with Crippen LogP contribution in [0.2, 0.25) is 0 Å². The van der Waals surface area contributed by atoms with Gasteiger partial charge >= 0.3 is 5.97 Å². The number of hydrogen-bond donors (Lipinski definition) is 0. The molecular formula is C11H11NO3. The molecule has 0 unspecified atom stereocenters. The number of nitrogens with zero attached hydrogens (tertiary/aromatic N) is 1. The average Bonchev–Trinajstić information content (AvgIpc) is 2.28. The molecule has 0 N–H and O–H groups in total. The van der Waals surface area contributed by atoms with Gasteiger partial charge in [-0.25, -0.2) is 0 Å². The Labute approximate surface area is 88.0 Å². The summed E-state index contributed by atoms with van der Waals surface area (Å²) in [6, 6.07) is 6.93. The minimum Gasteiger partial charge on any atom is -0.496 e. The van der Waals surface area contributed by atoms with Crippen molar-refractivity contribution < 1.29 is 14.3 Å². The third kappa shape index (κ3) is 2.71. The Balaban J connectivity index is 3.02. The highest BCUT2D eigenvalue weighted by Crippen LogP contribution is 2.20. The van der Waals surface area contributed by atoms with Crippen LogP contribution in [-0.4, -0.2) is 20.2 Å². The van der Waals surface area contributed by atoms with Gasteiger partial charge in [0.2, 0.25) is 0 Å². The number of nitriles is 1. The summed E-state index contributed by atoms with van der Waals surface area (Å²) in [6.45, 7) is 0. The zero-order valence-electron chi connectivity index (χ0n) is 8.61. The van der Waals surface area contributed by atoms with Crippen LogP contribution in [0.15, 0.2) is 18.2 Å². The zero-order valence-corrected chi connectivity index (χ0v) is 8.61. The molecule has 0 saturated heterocycles. The predicted octanol–water partition coefficient (Wildman–Crippen LogP) is 1.28. The molecule has 0 saturated carbocycles. The lowest BCUT2D eigenvalue weighted by atomic mass is 10.1. The molecule has 0 amide bonds. The molecule has 1 rings (SSSR count). The van der Waals surface area contributed by atoms with E-state index in [1.807, 2.05) is 6.07 Å². The smallest absolute Gasteiger partial charge is 0.310 e. The van der Waals surface area contributed by atoms with Gasteiger partial charge in [0.15, 0.2) is 0 Å². The van der Waals surface area contributed by atoms with Gasteiger partial charge in [-0.2, -0.15) is 5.26 Å². The average molecular weight is 205 g/mol. The Morgan fingerprint density at radius 3 is 2.73 bits per heavy atom. The van der Waals surface area contributed by atoms with E-state index in [9.17, 15) is 4.79 Å². The minimum atomic E-state index is -0.358. The molecule has 0 spiro atoms. The summed E-state index contributed by atoms with van der Waals surface area (Å²) < 4.78 is 9.62. The van der Waals surface area contributed by atoms with Crippen LogP contribution >= 0.6 is 0 Å². The maximum atomic E-state index is 11.1. The molecular weight excluding hydrogens is 194 g/mol. The van der Waals surface area contributed by atoms with Crippen molar-refractivity contribution in [1.29, 1.82) is 5.26 Å². The first-order valence-electron chi connectivity index (χ1n) is 4.35. The first-order chi connectivity index (χ1) is 7.21. The van der Waals surface area contributed by atoms with E-state index in [-0.39, 0.29) is 12.4 Å². The standard InChI is InChI=1S/C11H11NO3/c1-14-10-4-3-8(7-12)5-9(10)6-11(13)15-2/h3-5H,6H2,1-2H3. The van der Waals surface area contributed by atoms with Gasteiger partial charge in [0.25, 0.3) is 0 Å². The van der Waals surface area contributed by atoms with Gasteiger partial charge in [-0.15, -0.1) is 0 Å². The third-order valence-electron chi connectivity index (χ3n) is 1.97. The summed E-state index contributed by atoms with van der Waals surface area (Å²) in [6.07, 6.45) is 0.106. The van der Waals surface area contributed by atoms with Crippen molar-refractivity contribution in [1.82, 2.24) is 0 Å². The second kappa shape index (κ2) is 5.01. The van der Waals surface area contributed by atoms with E-state index in [2.05, 4.69) is 4.74 Å². The van der Waals surface area contributed by atoms with E-state index in [4.69, 9.17) is 10.00 Å². The van der Waals surface area contributed by atoms with Crippen LogP contribution in [0.4, 0.5) is 0 Å². The van der Waals surface area contributed by atoms with E-state index in [0.29, 0.717) is 16.9 Å². The maximum Gasteiger partial charge on any atom is 0.310 e. The second-order valence-corrected chi connectivity index (χ2v) is 2.89. The van der Waals surface area contributed by atoms with Crippen molar-refractivity contribution in [2.45, 2.75) is 6.42 Å². The molecule has 0 radical (unpaired) electrons. The van der Waals surface area contributed by atoms with Crippen LogP contribution in [0, 0.1) is 11.3 Å². The fourth-order valence-corrected chi connectivity index (χ4v) is 1.21. The Hall–Kier alpha value is -2.02. The Bertz CT molecular complexity index is 407. The van der Waals surface area contributed by atoms with E-state index in [1.54, 1.807) is 18.2 Å². The Morgan fingerprint density at radius 1 is 1.47 bits per heavy atom. The van der Waals surface area contributed by atoms with Gasteiger partial charge in [0, 0.05) is 5.56 Å². The van der Waals surface area contributed by atoms with Crippen LogP contribution in [0.1, 0.15) is 11.1 Å². The van der Waals surface area contributed by atoms with E-state index >= 15 is 0 Å². The Morgan fingerprint density at radius 2 is 2.20 bits per heavy atom. The first kappa shape index (κ1) is 11.1. The van der Waals surface area contributed by atoms with Crippen molar-refractivity contribution in [3.05, 3.63) is 29.3 Å². The number of benzene rings is 1. The highest BCUT2D eigenvalue weighted by atomic mass is 16.5. The highest BCUT2D eigenvalue weighted by Gasteiger charge is 2.09. The van der Waals surface area contributed by atoms with Crippen molar-refractivity contribution in [3.63, 3.8) is 0 Å². The van der Waals surface area contributed by atoms with E-state index in [0.717, 1.165) is 0 Å². The van der Waals surface area contributed by atoms with Gasteiger partial charge in [-0.05, 0) is 18.2 Å². The third-order valence-corrected chi connectivity index (χ3v) is 1.97. The zero-order chi connectivity index (χ0) is 11.3. The summed E-state index contributed by atoms with van der Waals surface area (Å²) in [5.41, 5.74) is 1.15. The normalized spacial score (nSPS) is 9.13. The van der Waals surface area contributed by atoms with Crippen LogP contribution < -0.4 is 4.74 Å². The lowest BCUT2D eigenvalue weighted by molar-refractivity contribution is -0.139. The van der Waals surface area contributed by atoms with Gasteiger partial charge < -0.3 is 9.47 Å². The largest absolute Gasteiger partial charge is 0.496 e. The van der Waals surface area contributed by atoms with Crippen molar-refractivity contribution in [2.75, 3.05) is 14.2 Å². The molecule has 15 heavy (non-hydrogen) atoms. The highest BCUT2D eigenvalue weighted by molar-refractivity contribution is 5.73. The molecule has 0 aliphatic heterocycles. The van der Waals surface area contributed by atoms with Gasteiger partial charge in [-0.1, -0.05) is 0 Å². The molecule has 4 heteroatoms. The van der Waals surface area contributed by atoms with Crippen LogP contribution in [-0.2, 0) is 16.0 Å². The fraction of sp³-hybridized carbons (Fsp3) is 0.273. The number of esters is 1. The van der Waals surface area contributed by atoms with Crippen molar-refractivity contribution >= 4 is 5.97 Å². The molecule has 1 aromatic rings. The SMILES string of the molecule is COC(=O)Cc1cc(C#N)ccc1OC. The summed E-state index contributed by atoms with van der Waals surface area (Å²) >= 11 is 0. The summed E-state index contributed by atoms with van der Waals surface area (Å²) in [5, 5.41) is 8.71. The molecule has 0 heterocycles. The second-order valence-electron chi connectivity index (χ2n) is 2.89. The molecule has 4 nitrogen and oxygen atoms in total. The number of ether oxygens (including phenoxy) is 2. The number of hydrogen-bond acceptors (Lipinski definition) is 4. The van der Waals surface area contributed by atoms with E-state index in [1.165, 1.54) is 14.2 Å². The number of methoxy groups -OCH3 is 2. The summed E-state index contributed by atoms with van der Waals surface area (Å²) in [7, 11) is 2.84. The summed E-state index contributed by atoms with van der Waals surface area (Å²) in [4.78, 5) is 11.1. The fourth-order valence-electron chi connectivity index (χ4n) is 1.21. The predicted molar refractivity (Wildman–Crippen MR) is 53.4 cm³/mol. The van der Waals surface area contributed by atoms with Crippen LogP contribution in [0.5, 0.6) is 5.75 Å². The lowest BCUT2D eigenvalue weighted by Gasteiger charge is -2.07. The summed E-state index contributed by atoms with van der Waals surface area (Å²) in [5.74, 6) is 0.225. The number of carbonyl (C=O) groups excluding carboxylic acids is 1. The van der Waals surface area contributed by atoms with Gasteiger partial charge in [0.1, 0.15) is 5.75 Å². The maximum absolute atomic E-state index is 11.1. The molecule has 1 aromatic carbocycles. The molecule has 0 aromatic heterocycles. The van der Waals surface area contributed by atoms with E-state index < -0.39 is 0 Å². The van der Waals surface area contributed by atoms with Gasteiger partial charge in [0.05, 0.1) is 32.3 Å². The molecule has 78 valence electrons. The number of rotatable bonds is 3. The first-order valence-corrected chi connectivity index (χ1v) is 4.35. The van der Waals surface area contributed by atoms with Crippen LogP contribution in [0.25, 0.3) is 0 Å². The lowest BCUT2D eigenvalue weighted by Crippen LogP contribution is -2.06. The number of carbonyl (C=O) groups is 1. The minimum absolute atomic E-state index is 0.106. The molecule has 0 bridgehead atoms. The van der Waals surface area contributed by atoms with Gasteiger partial charge in [-0.3, -0.25) is 4.79 Å². The molecule has 0 atom stereocenters. The van der Waals surface area contributed by atoms with Crippen LogP contribution in [0.3, 0.4) is 0 Å². The van der Waals surface area contributed by atoms with Crippen molar-refractivity contribution in [3.8, 4) is 11.8 Å². The molecule has 0 fully saturated rings. The molecule has 0 aliphatic carbocycles. The monoisotopic (exact) mass is 205 g/mol.